The molecule has 2 rings (SSSR count). The van der Waals surface area contributed by atoms with Crippen molar-refractivity contribution >= 4 is 21.4 Å². The van der Waals surface area contributed by atoms with Crippen molar-refractivity contribution in [3.63, 3.8) is 0 Å². The van der Waals surface area contributed by atoms with Crippen molar-refractivity contribution in [2.45, 2.75) is 25.7 Å². The number of hydrogen-bond acceptors (Lipinski definition) is 1. The Labute approximate surface area is 95.3 Å². The molecule has 0 bridgehead atoms. The number of fused-ring (bicyclic) bond motifs is 1. The molecule has 0 aliphatic heterocycles. The summed E-state index contributed by atoms with van der Waals surface area (Å²) in [5.74, 6) is 0. The van der Waals surface area contributed by atoms with Crippen LogP contribution in [0.4, 0.5) is 0 Å². The minimum atomic E-state index is 1.14. The average molecular weight is 216 g/mol. The van der Waals surface area contributed by atoms with Crippen molar-refractivity contribution in [1.82, 2.24) is 0 Å². The Balaban J connectivity index is 1.98. The highest BCUT2D eigenvalue weighted by Gasteiger charge is 1.97. The minimum absolute atomic E-state index is 1.14. The first-order chi connectivity index (χ1) is 7.40. The lowest BCUT2D eigenvalue weighted by Crippen LogP contribution is -1.84. The predicted octanol–water partition coefficient (Wildman–Crippen LogP) is 4.80. The van der Waals surface area contributed by atoms with E-state index in [2.05, 4.69) is 36.2 Å². The maximum absolute atomic E-state index is 3.74. The summed E-state index contributed by atoms with van der Waals surface area (Å²) in [6.45, 7) is 3.74. The van der Waals surface area contributed by atoms with Gasteiger partial charge in [-0.1, -0.05) is 18.2 Å². The SMILES string of the molecule is C=CCCCCc1ccc2ccsc2c1. The van der Waals surface area contributed by atoms with E-state index in [1.165, 1.54) is 34.9 Å². The molecule has 0 N–H and O–H groups in total. The normalized spacial score (nSPS) is 10.7. The van der Waals surface area contributed by atoms with E-state index < -0.39 is 0 Å². The lowest BCUT2D eigenvalue weighted by atomic mass is 10.1. The summed E-state index contributed by atoms with van der Waals surface area (Å²) >= 11 is 1.83. The fourth-order valence-electron chi connectivity index (χ4n) is 1.77. The smallest absolute Gasteiger partial charge is 0.0345 e. The van der Waals surface area contributed by atoms with E-state index in [0.29, 0.717) is 0 Å². The third-order valence-corrected chi connectivity index (χ3v) is 3.52. The molecule has 0 fully saturated rings. The van der Waals surface area contributed by atoms with Crippen molar-refractivity contribution in [3.05, 3.63) is 47.9 Å². The van der Waals surface area contributed by atoms with Crippen molar-refractivity contribution in [2.75, 3.05) is 0 Å². The van der Waals surface area contributed by atoms with Gasteiger partial charge in [0, 0.05) is 4.70 Å². The number of unbranched alkanes of at least 4 members (excludes halogenated alkanes) is 2. The molecule has 0 amide bonds. The van der Waals surface area contributed by atoms with Crippen LogP contribution in [0.3, 0.4) is 0 Å². The second-order valence-electron chi connectivity index (χ2n) is 3.83. The highest BCUT2D eigenvalue weighted by molar-refractivity contribution is 7.17. The minimum Gasteiger partial charge on any atom is -0.144 e. The molecule has 0 unspecified atom stereocenters. The van der Waals surface area contributed by atoms with Crippen LogP contribution >= 0.6 is 11.3 Å². The second kappa shape index (κ2) is 5.13. The maximum Gasteiger partial charge on any atom is 0.0345 e. The molecule has 0 aliphatic rings. The van der Waals surface area contributed by atoms with Crippen LogP contribution in [0.5, 0.6) is 0 Å². The molecule has 0 aliphatic carbocycles. The summed E-state index contributed by atoms with van der Waals surface area (Å²) < 4.78 is 1.41. The Kier molecular flexibility index (Phi) is 3.57. The number of rotatable bonds is 5. The molecular formula is C14H16S. The Morgan fingerprint density at radius 3 is 3.00 bits per heavy atom. The fourth-order valence-corrected chi connectivity index (χ4v) is 2.63. The summed E-state index contributed by atoms with van der Waals surface area (Å²) in [5.41, 5.74) is 1.47. The van der Waals surface area contributed by atoms with Gasteiger partial charge in [-0.2, -0.15) is 0 Å². The molecule has 1 aromatic heterocycles. The Morgan fingerprint density at radius 2 is 2.13 bits per heavy atom. The van der Waals surface area contributed by atoms with Gasteiger partial charge in [-0.25, -0.2) is 0 Å². The molecule has 0 spiro atoms. The van der Waals surface area contributed by atoms with Crippen LogP contribution in [0.25, 0.3) is 10.1 Å². The monoisotopic (exact) mass is 216 g/mol. The van der Waals surface area contributed by atoms with Crippen LogP contribution in [0.1, 0.15) is 24.8 Å². The summed E-state index contributed by atoms with van der Waals surface area (Å²) in [5, 5.41) is 3.53. The van der Waals surface area contributed by atoms with Crippen molar-refractivity contribution in [3.8, 4) is 0 Å². The molecule has 0 radical (unpaired) electrons. The van der Waals surface area contributed by atoms with Gasteiger partial charge in [0.15, 0.2) is 0 Å². The van der Waals surface area contributed by atoms with Gasteiger partial charge < -0.3 is 0 Å². The van der Waals surface area contributed by atoms with E-state index >= 15 is 0 Å². The quantitative estimate of drug-likeness (QED) is 0.497. The van der Waals surface area contributed by atoms with Crippen molar-refractivity contribution < 1.29 is 0 Å². The summed E-state index contributed by atoms with van der Waals surface area (Å²) in [4.78, 5) is 0. The number of thiophene rings is 1. The van der Waals surface area contributed by atoms with Crippen molar-refractivity contribution in [1.29, 1.82) is 0 Å². The van der Waals surface area contributed by atoms with Crippen LogP contribution in [0, 0.1) is 0 Å². The van der Waals surface area contributed by atoms with Crippen LogP contribution in [-0.4, -0.2) is 0 Å². The van der Waals surface area contributed by atoms with Crippen molar-refractivity contribution in [2.24, 2.45) is 0 Å². The first-order valence-corrected chi connectivity index (χ1v) is 6.35. The van der Waals surface area contributed by atoms with E-state index in [0.717, 1.165) is 6.42 Å². The van der Waals surface area contributed by atoms with Gasteiger partial charge in [-0.3, -0.25) is 0 Å². The molecule has 0 saturated carbocycles. The summed E-state index contributed by atoms with van der Waals surface area (Å²) in [6, 6.07) is 8.99. The first-order valence-electron chi connectivity index (χ1n) is 5.47. The molecular weight excluding hydrogens is 200 g/mol. The van der Waals surface area contributed by atoms with Gasteiger partial charge in [0.25, 0.3) is 0 Å². The number of allylic oxidation sites excluding steroid dienone is 1. The van der Waals surface area contributed by atoms with Crippen LogP contribution in [0.2, 0.25) is 0 Å². The van der Waals surface area contributed by atoms with Crippen LogP contribution in [-0.2, 0) is 6.42 Å². The highest BCUT2D eigenvalue weighted by atomic mass is 32.1. The molecule has 1 heteroatoms. The molecule has 1 aromatic carbocycles. The van der Waals surface area contributed by atoms with Crippen LogP contribution in [0.15, 0.2) is 42.3 Å². The maximum atomic E-state index is 3.74. The molecule has 2 aromatic rings. The van der Waals surface area contributed by atoms with E-state index in [4.69, 9.17) is 0 Å². The molecule has 15 heavy (non-hydrogen) atoms. The number of benzene rings is 1. The first kappa shape index (κ1) is 10.4. The van der Waals surface area contributed by atoms with E-state index in [1.54, 1.807) is 0 Å². The summed E-state index contributed by atoms with van der Waals surface area (Å²) in [7, 11) is 0. The standard InChI is InChI=1S/C14H16S/c1-2-3-4-5-6-12-7-8-13-9-10-15-14(13)11-12/h2,7-11H,1,3-6H2. The highest BCUT2D eigenvalue weighted by Crippen LogP contribution is 2.22. The van der Waals surface area contributed by atoms with E-state index in [1.807, 2.05) is 17.4 Å². The van der Waals surface area contributed by atoms with Crippen LogP contribution < -0.4 is 0 Å². The topological polar surface area (TPSA) is 0 Å². The van der Waals surface area contributed by atoms with Gasteiger partial charge in [-0.15, -0.1) is 17.9 Å². The largest absolute Gasteiger partial charge is 0.144 e. The zero-order valence-electron chi connectivity index (χ0n) is 8.91. The fraction of sp³-hybridized carbons (Fsp3) is 0.286. The molecule has 1 heterocycles. The van der Waals surface area contributed by atoms with Gasteiger partial charge in [-0.05, 0) is 54.1 Å². The van der Waals surface area contributed by atoms with Gasteiger partial charge in [0.05, 0.1) is 0 Å². The number of hydrogen-bond donors (Lipinski definition) is 0. The van der Waals surface area contributed by atoms with E-state index in [-0.39, 0.29) is 0 Å². The molecule has 0 atom stereocenters. The van der Waals surface area contributed by atoms with Gasteiger partial charge in [0.2, 0.25) is 0 Å². The second-order valence-corrected chi connectivity index (χ2v) is 4.77. The zero-order chi connectivity index (χ0) is 10.5. The van der Waals surface area contributed by atoms with Gasteiger partial charge in [0.1, 0.15) is 0 Å². The zero-order valence-corrected chi connectivity index (χ0v) is 9.72. The summed E-state index contributed by atoms with van der Waals surface area (Å²) in [6.07, 6.45) is 6.86. The lowest BCUT2D eigenvalue weighted by molar-refractivity contribution is 0.749. The van der Waals surface area contributed by atoms with Gasteiger partial charge >= 0.3 is 0 Å². The number of aryl methyl sites for hydroxylation is 1. The predicted molar refractivity (Wildman–Crippen MR) is 69.6 cm³/mol. The van der Waals surface area contributed by atoms with E-state index in [9.17, 15) is 0 Å². The average Bonchev–Trinajstić information content (AvgIpc) is 2.71. The molecule has 0 nitrogen and oxygen atoms in total. The Hall–Kier alpha value is -1.08. The molecule has 0 saturated heterocycles. The Bertz CT molecular complexity index is 439. The lowest BCUT2D eigenvalue weighted by Gasteiger charge is -2.00. The third kappa shape index (κ3) is 2.69. The Morgan fingerprint density at radius 1 is 1.20 bits per heavy atom. The molecule has 78 valence electrons. The third-order valence-electron chi connectivity index (χ3n) is 2.64.